The molecule has 0 aromatic heterocycles. The average molecular weight is 903 g/mol. The van der Waals surface area contributed by atoms with E-state index in [0.717, 1.165) is 70.6 Å². The standard InChI is InChI=1S/C47H83O14P/c1-2-3-4-5-6-7-8-9-13-17-20-23-26-29-32-35-41(50)60-39(38-59-62(56,57)61-47-45(54)43(52)42(51)44(53)46(47)55)37-58-40(49)34-31-28-25-22-19-16-14-11-10-12-15-18-21-24-27-30-33-36-48/h10,12,14,16,18,21-22,25,39,42-48,51-55H,2-9,11,13,15,17,19-20,23-24,26-38H2,1H3,(H,56,57)/b12-10-,16-14-,21-18-,25-22-/t39-,42?,43-,44+,45-,46-,47?/m1/s1. The van der Waals surface area contributed by atoms with E-state index in [-0.39, 0.29) is 19.4 Å². The number of phosphoric acid groups is 1. The lowest BCUT2D eigenvalue weighted by atomic mass is 9.85. The minimum Gasteiger partial charge on any atom is -0.462 e. The van der Waals surface area contributed by atoms with Crippen molar-refractivity contribution in [3.63, 3.8) is 0 Å². The number of aliphatic hydroxyl groups is 6. The SMILES string of the molecule is CCCCCCCCCCCCCCCCCC(=O)O[C@H](COC(=O)CCC/C=C\C/C=C\C/C=C\C/C=C\CCCCCO)COP(=O)(O)OC1[C@H](O)[C@H](O)C(O)[C@H](O)[C@H]1O. The summed E-state index contributed by atoms with van der Waals surface area (Å²) in [4.78, 5) is 35.7. The van der Waals surface area contributed by atoms with Crippen molar-refractivity contribution >= 4 is 19.8 Å². The van der Waals surface area contributed by atoms with Crippen LogP contribution in [-0.4, -0.2) is 110 Å². The van der Waals surface area contributed by atoms with Gasteiger partial charge in [-0.2, -0.15) is 0 Å². The third kappa shape index (κ3) is 30.0. The first-order chi connectivity index (χ1) is 29.9. The first-order valence-electron chi connectivity index (χ1n) is 23.6. The van der Waals surface area contributed by atoms with Gasteiger partial charge in [0.15, 0.2) is 6.10 Å². The molecule has 0 saturated heterocycles. The Morgan fingerprint density at radius 2 is 0.952 bits per heavy atom. The second-order valence-electron chi connectivity index (χ2n) is 16.3. The lowest BCUT2D eigenvalue weighted by Crippen LogP contribution is -2.64. The molecule has 15 heteroatoms. The molecule has 62 heavy (non-hydrogen) atoms. The van der Waals surface area contributed by atoms with E-state index in [2.05, 4.69) is 43.4 Å². The maximum atomic E-state index is 12.8. The van der Waals surface area contributed by atoms with Crippen LogP contribution in [0, 0.1) is 0 Å². The summed E-state index contributed by atoms with van der Waals surface area (Å²) in [5.74, 6) is -1.18. The highest BCUT2D eigenvalue weighted by atomic mass is 31.2. The molecule has 1 aliphatic carbocycles. The molecule has 0 radical (unpaired) electrons. The molecule has 0 amide bonds. The van der Waals surface area contributed by atoms with E-state index < -0.39 is 75.7 Å². The fourth-order valence-electron chi connectivity index (χ4n) is 6.91. The maximum absolute atomic E-state index is 12.8. The number of phosphoric ester groups is 1. The van der Waals surface area contributed by atoms with E-state index >= 15 is 0 Å². The number of carbonyl (C=O) groups is 2. The predicted molar refractivity (Wildman–Crippen MR) is 241 cm³/mol. The minimum atomic E-state index is -5.14. The van der Waals surface area contributed by atoms with E-state index in [1.54, 1.807) is 0 Å². The Labute approximate surface area is 372 Å². The molecule has 0 bridgehead atoms. The van der Waals surface area contributed by atoms with Gasteiger partial charge in [0.25, 0.3) is 0 Å². The molecular weight excluding hydrogens is 819 g/mol. The fraction of sp³-hybridized carbons (Fsp3) is 0.787. The van der Waals surface area contributed by atoms with Crippen LogP contribution in [0.1, 0.15) is 174 Å². The van der Waals surface area contributed by atoms with Crippen molar-refractivity contribution in [2.75, 3.05) is 19.8 Å². The molecule has 0 aliphatic heterocycles. The molecule has 0 aromatic rings. The molecule has 8 atom stereocenters. The summed E-state index contributed by atoms with van der Waals surface area (Å²) in [7, 11) is -5.14. The van der Waals surface area contributed by atoms with Gasteiger partial charge in [-0.05, 0) is 57.8 Å². The van der Waals surface area contributed by atoms with Gasteiger partial charge in [0, 0.05) is 19.4 Å². The quantitative estimate of drug-likeness (QED) is 0.0134. The van der Waals surface area contributed by atoms with E-state index in [9.17, 15) is 44.6 Å². The molecule has 1 saturated carbocycles. The number of hydrogen-bond acceptors (Lipinski definition) is 13. The first-order valence-corrected chi connectivity index (χ1v) is 25.0. The van der Waals surface area contributed by atoms with Crippen molar-refractivity contribution in [1.29, 1.82) is 0 Å². The van der Waals surface area contributed by atoms with Crippen molar-refractivity contribution in [1.82, 2.24) is 0 Å². The molecule has 3 unspecified atom stereocenters. The fourth-order valence-corrected chi connectivity index (χ4v) is 7.88. The zero-order valence-corrected chi connectivity index (χ0v) is 38.5. The Morgan fingerprint density at radius 1 is 0.532 bits per heavy atom. The lowest BCUT2D eigenvalue weighted by Gasteiger charge is -2.41. The Kier molecular flexibility index (Phi) is 35.5. The lowest BCUT2D eigenvalue weighted by molar-refractivity contribution is -0.220. The van der Waals surface area contributed by atoms with Crippen molar-refractivity contribution in [2.45, 2.75) is 217 Å². The predicted octanol–water partition coefficient (Wildman–Crippen LogP) is 8.14. The summed E-state index contributed by atoms with van der Waals surface area (Å²) >= 11 is 0. The monoisotopic (exact) mass is 903 g/mol. The molecule has 0 aromatic carbocycles. The van der Waals surface area contributed by atoms with Crippen LogP contribution in [0.2, 0.25) is 0 Å². The number of rotatable bonds is 39. The Bertz CT molecular complexity index is 1270. The van der Waals surface area contributed by atoms with Crippen LogP contribution in [0.25, 0.3) is 0 Å². The van der Waals surface area contributed by atoms with Gasteiger partial charge >= 0.3 is 19.8 Å². The number of aliphatic hydroxyl groups excluding tert-OH is 6. The molecule has 14 nitrogen and oxygen atoms in total. The van der Waals surface area contributed by atoms with Crippen LogP contribution in [0.15, 0.2) is 48.6 Å². The molecule has 1 rings (SSSR count). The molecular formula is C47H83O14P. The van der Waals surface area contributed by atoms with Crippen molar-refractivity contribution in [2.24, 2.45) is 0 Å². The third-order valence-corrected chi connectivity index (χ3v) is 11.7. The number of unbranched alkanes of at least 4 members (excludes halogenated alkanes) is 18. The second kappa shape index (κ2) is 38.1. The zero-order valence-electron chi connectivity index (χ0n) is 37.6. The molecule has 0 spiro atoms. The minimum absolute atomic E-state index is 0.0815. The molecule has 7 N–H and O–H groups in total. The highest BCUT2D eigenvalue weighted by Gasteiger charge is 2.51. The average Bonchev–Trinajstić information content (AvgIpc) is 3.25. The maximum Gasteiger partial charge on any atom is 0.472 e. The van der Waals surface area contributed by atoms with E-state index in [1.807, 2.05) is 12.2 Å². The van der Waals surface area contributed by atoms with Crippen LogP contribution in [0.3, 0.4) is 0 Å². The Morgan fingerprint density at radius 3 is 1.45 bits per heavy atom. The molecule has 0 heterocycles. The van der Waals surface area contributed by atoms with Gasteiger partial charge in [0.1, 0.15) is 43.2 Å². The number of esters is 2. The summed E-state index contributed by atoms with van der Waals surface area (Å²) in [5, 5.41) is 58.9. The number of carbonyl (C=O) groups excluding carboxylic acids is 2. The third-order valence-electron chi connectivity index (χ3n) is 10.7. The topological polar surface area (TPSA) is 230 Å². The van der Waals surface area contributed by atoms with E-state index in [4.69, 9.17) is 23.6 Å². The summed E-state index contributed by atoms with van der Waals surface area (Å²) in [5.41, 5.74) is 0. The van der Waals surface area contributed by atoms with Crippen LogP contribution < -0.4 is 0 Å². The van der Waals surface area contributed by atoms with Gasteiger partial charge in [-0.3, -0.25) is 18.6 Å². The van der Waals surface area contributed by atoms with Crippen molar-refractivity contribution in [3.05, 3.63) is 48.6 Å². The van der Waals surface area contributed by atoms with Gasteiger partial charge in [-0.25, -0.2) is 4.57 Å². The van der Waals surface area contributed by atoms with Crippen molar-refractivity contribution < 1.29 is 68.2 Å². The normalized spacial score (nSPS) is 22.3. The van der Waals surface area contributed by atoms with Crippen LogP contribution in [0.4, 0.5) is 0 Å². The first kappa shape index (κ1) is 57.8. The summed E-state index contributed by atoms with van der Waals surface area (Å²) in [6, 6.07) is 0. The van der Waals surface area contributed by atoms with Crippen LogP contribution in [-0.2, 0) is 32.7 Å². The summed E-state index contributed by atoms with van der Waals surface area (Å²) in [6.45, 7) is 1.26. The number of hydrogen-bond donors (Lipinski definition) is 7. The van der Waals surface area contributed by atoms with Crippen LogP contribution in [0.5, 0.6) is 0 Å². The molecule has 360 valence electrons. The highest BCUT2D eigenvalue weighted by molar-refractivity contribution is 7.47. The van der Waals surface area contributed by atoms with Crippen molar-refractivity contribution in [3.8, 4) is 0 Å². The second-order valence-corrected chi connectivity index (χ2v) is 17.7. The van der Waals surface area contributed by atoms with Gasteiger partial charge in [-0.1, -0.05) is 152 Å². The van der Waals surface area contributed by atoms with Gasteiger partial charge in [0.2, 0.25) is 0 Å². The zero-order chi connectivity index (χ0) is 45.7. The van der Waals surface area contributed by atoms with E-state index in [1.165, 1.54) is 64.2 Å². The number of ether oxygens (including phenoxy) is 2. The molecule has 1 fully saturated rings. The van der Waals surface area contributed by atoms with Gasteiger partial charge < -0.3 is 45.0 Å². The van der Waals surface area contributed by atoms with Crippen LogP contribution >= 0.6 is 7.82 Å². The smallest absolute Gasteiger partial charge is 0.462 e. The summed E-state index contributed by atoms with van der Waals surface area (Å²) < 4.78 is 33.5. The van der Waals surface area contributed by atoms with E-state index in [0.29, 0.717) is 19.3 Å². The van der Waals surface area contributed by atoms with Gasteiger partial charge in [-0.15, -0.1) is 0 Å². The highest BCUT2D eigenvalue weighted by Crippen LogP contribution is 2.47. The number of allylic oxidation sites excluding steroid dienone is 8. The Hall–Kier alpha value is -2.23. The largest absolute Gasteiger partial charge is 0.472 e. The molecule has 1 aliphatic rings. The Balaban J connectivity index is 2.48. The van der Waals surface area contributed by atoms with Gasteiger partial charge in [0.05, 0.1) is 6.61 Å². The summed E-state index contributed by atoms with van der Waals surface area (Å²) in [6.07, 6.45) is 28.9.